The summed E-state index contributed by atoms with van der Waals surface area (Å²) in [4.78, 5) is 43.0. The van der Waals surface area contributed by atoms with Crippen molar-refractivity contribution in [3.63, 3.8) is 0 Å². The third kappa shape index (κ3) is 5.27. The van der Waals surface area contributed by atoms with Gasteiger partial charge in [-0.1, -0.05) is 41.7 Å². The van der Waals surface area contributed by atoms with Gasteiger partial charge in [0.1, 0.15) is 5.75 Å². The van der Waals surface area contributed by atoms with Gasteiger partial charge in [0.15, 0.2) is 4.80 Å². The Morgan fingerprint density at radius 1 is 1.10 bits per heavy atom. The Bertz CT molecular complexity index is 1760. The van der Waals surface area contributed by atoms with Crippen LogP contribution in [0.15, 0.2) is 99.9 Å². The number of hydrogen-bond donors (Lipinski definition) is 1. The van der Waals surface area contributed by atoms with E-state index in [1.165, 1.54) is 28.0 Å². The number of nitrogens with zero attached hydrogens (tertiary/aromatic N) is 3. The van der Waals surface area contributed by atoms with Crippen molar-refractivity contribution in [1.29, 1.82) is 0 Å². The lowest BCUT2D eigenvalue weighted by Gasteiger charge is -2.25. The van der Waals surface area contributed by atoms with Gasteiger partial charge in [0.05, 0.1) is 33.4 Å². The van der Waals surface area contributed by atoms with Crippen LogP contribution in [0.1, 0.15) is 31.0 Å². The summed E-state index contributed by atoms with van der Waals surface area (Å²) >= 11 is 1.20. The van der Waals surface area contributed by atoms with Gasteiger partial charge in [-0.2, -0.15) is 0 Å². The number of amides is 1. The van der Waals surface area contributed by atoms with Gasteiger partial charge in [-0.3, -0.25) is 24.3 Å². The molecule has 2 heterocycles. The summed E-state index contributed by atoms with van der Waals surface area (Å²) in [6.45, 7) is 4.17. The molecule has 0 fully saturated rings. The van der Waals surface area contributed by atoms with Gasteiger partial charge in [0.25, 0.3) is 17.2 Å². The SMILES string of the molecule is CCOc1ccc([C@@H]2C(C(=O)Nc3ccccc3)=C(C)N=c3s/c(=C\c4ccc([N+](=O)[O-])cc4)c(=O)n32)cc1. The van der Waals surface area contributed by atoms with Crippen LogP contribution in [-0.4, -0.2) is 22.0 Å². The van der Waals surface area contributed by atoms with E-state index < -0.39 is 11.0 Å². The lowest BCUT2D eigenvalue weighted by atomic mass is 9.95. The number of rotatable bonds is 7. The fraction of sp³-hybridized carbons (Fsp3) is 0.138. The lowest BCUT2D eigenvalue weighted by Crippen LogP contribution is -2.40. The van der Waals surface area contributed by atoms with Gasteiger partial charge in [-0.25, -0.2) is 4.99 Å². The average molecular weight is 541 g/mol. The van der Waals surface area contributed by atoms with Gasteiger partial charge >= 0.3 is 0 Å². The zero-order valence-electron chi connectivity index (χ0n) is 21.2. The number of nitro groups is 1. The Balaban J connectivity index is 1.63. The minimum Gasteiger partial charge on any atom is -0.494 e. The van der Waals surface area contributed by atoms with Crippen molar-refractivity contribution in [2.45, 2.75) is 19.9 Å². The highest BCUT2D eigenvalue weighted by atomic mass is 32.1. The van der Waals surface area contributed by atoms with Crippen LogP contribution in [0.2, 0.25) is 0 Å². The zero-order chi connectivity index (χ0) is 27.5. The third-order valence-electron chi connectivity index (χ3n) is 6.21. The van der Waals surface area contributed by atoms with Crippen LogP contribution in [0.3, 0.4) is 0 Å². The molecule has 1 aliphatic heterocycles. The molecular formula is C29H24N4O5S. The number of benzene rings is 3. The first-order chi connectivity index (χ1) is 18.9. The van der Waals surface area contributed by atoms with Crippen LogP contribution in [0, 0.1) is 10.1 Å². The Morgan fingerprint density at radius 3 is 2.44 bits per heavy atom. The number of para-hydroxylation sites is 1. The molecule has 10 heteroatoms. The number of allylic oxidation sites excluding steroid dienone is 1. The van der Waals surface area contributed by atoms with E-state index in [9.17, 15) is 19.7 Å². The fourth-order valence-corrected chi connectivity index (χ4v) is 5.45. The standard InChI is InChI=1S/C29H24N4O5S/c1-3-38-23-15-11-20(12-16-23)26-25(27(34)31-21-7-5-4-6-8-21)18(2)30-29-32(26)28(35)24(39-29)17-19-9-13-22(14-10-19)33(36)37/h4-17,26H,3H2,1-2H3,(H,31,34)/b24-17-/t26-/m1/s1. The van der Waals surface area contributed by atoms with Crippen molar-refractivity contribution in [2.24, 2.45) is 4.99 Å². The van der Waals surface area contributed by atoms with E-state index in [2.05, 4.69) is 10.3 Å². The molecule has 0 aliphatic carbocycles. The van der Waals surface area contributed by atoms with Crippen molar-refractivity contribution in [3.8, 4) is 5.75 Å². The first-order valence-electron chi connectivity index (χ1n) is 12.2. The highest BCUT2D eigenvalue weighted by Crippen LogP contribution is 2.31. The van der Waals surface area contributed by atoms with Gasteiger partial charge in [0.2, 0.25) is 0 Å². The second-order valence-electron chi connectivity index (χ2n) is 8.75. The topological polar surface area (TPSA) is 116 Å². The maximum atomic E-state index is 13.8. The lowest BCUT2D eigenvalue weighted by molar-refractivity contribution is -0.384. The maximum Gasteiger partial charge on any atom is 0.271 e. The van der Waals surface area contributed by atoms with Crippen LogP contribution in [0.25, 0.3) is 6.08 Å². The molecule has 0 saturated heterocycles. The number of hydrogen-bond acceptors (Lipinski definition) is 7. The number of nitro benzene ring substituents is 1. The number of anilines is 1. The Labute approximate surface area is 227 Å². The summed E-state index contributed by atoms with van der Waals surface area (Å²) in [7, 11) is 0. The summed E-state index contributed by atoms with van der Waals surface area (Å²) in [5.74, 6) is 0.328. The van der Waals surface area contributed by atoms with Crippen LogP contribution < -0.4 is 24.9 Å². The molecular weight excluding hydrogens is 516 g/mol. The molecule has 4 aromatic rings. The molecule has 0 radical (unpaired) electrons. The van der Waals surface area contributed by atoms with Crippen molar-refractivity contribution >= 4 is 34.7 Å². The normalized spacial score (nSPS) is 14.9. The van der Waals surface area contributed by atoms with Crippen molar-refractivity contribution in [3.05, 3.63) is 131 Å². The highest BCUT2D eigenvalue weighted by molar-refractivity contribution is 7.07. The van der Waals surface area contributed by atoms with Crippen LogP contribution in [-0.2, 0) is 4.79 Å². The number of carbonyl (C=O) groups is 1. The summed E-state index contributed by atoms with van der Waals surface area (Å²) in [6, 6.07) is 21.6. The van der Waals surface area contributed by atoms with E-state index in [1.54, 1.807) is 37.3 Å². The highest BCUT2D eigenvalue weighted by Gasteiger charge is 2.32. The third-order valence-corrected chi connectivity index (χ3v) is 7.19. The van der Waals surface area contributed by atoms with Gasteiger partial charge in [0, 0.05) is 17.8 Å². The Kier molecular flexibility index (Phi) is 7.20. The van der Waals surface area contributed by atoms with Crippen molar-refractivity contribution in [1.82, 2.24) is 4.57 Å². The Hall–Kier alpha value is -4.83. The number of thiazole rings is 1. The molecule has 3 aromatic carbocycles. The molecule has 0 spiro atoms. The van der Waals surface area contributed by atoms with Crippen LogP contribution in [0.4, 0.5) is 11.4 Å². The second-order valence-corrected chi connectivity index (χ2v) is 9.76. The molecule has 39 heavy (non-hydrogen) atoms. The van der Waals surface area contributed by atoms with E-state index >= 15 is 0 Å². The minimum atomic E-state index is -0.723. The maximum absolute atomic E-state index is 13.8. The number of ether oxygens (including phenoxy) is 1. The molecule has 0 bridgehead atoms. The van der Waals surface area contributed by atoms with E-state index in [-0.39, 0.29) is 17.2 Å². The molecule has 196 valence electrons. The smallest absolute Gasteiger partial charge is 0.271 e. The molecule has 1 aromatic heterocycles. The zero-order valence-corrected chi connectivity index (χ0v) is 22.0. The summed E-state index contributed by atoms with van der Waals surface area (Å²) in [5.41, 5.74) is 2.52. The fourth-order valence-electron chi connectivity index (χ4n) is 4.40. The average Bonchev–Trinajstić information content (AvgIpc) is 3.23. The van der Waals surface area contributed by atoms with Crippen molar-refractivity contribution in [2.75, 3.05) is 11.9 Å². The second kappa shape index (κ2) is 10.9. The molecule has 1 N–H and O–H groups in total. The predicted octanol–water partition coefficient (Wildman–Crippen LogP) is 4.18. The van der Waals surface area contributed by atoms with E-state index in [1.807, 2.05) is 49.4 Å². The Morgan fingerprint density at radius 2 is 1.79 bits per heavy atom. The molecule has 1 amide bonds. The molecule has 0 unspecified atom stereocenters. The van der Waals surface area contributed by atoms with E-state index in [0.717, 1.165) is 5.56 Å². The predicted molar refractivity (Wildman–Crippen MR) is 150 cm³/mol. The molecule has 1 atom stereocenters. The summed E-state index contributed by atoms with van der Waals surface area (Å²) in [5, 5.41) is 13.9. The van der Waals surface area contributed by atoms with E-state index in [4.69, 9.17) is 4.74 Å². The largest absolute Gasteiger partial charge is 0.494 e. The monoisotopic (exact) mass is 540 g/mol. The summed E-state index contributed by atoms with van der Waals surface area (Å²) < 4.78 is 7.52. The minimum absolute atomic E-state index is 0.0335. The number of nitrogens with one attached hydrogen (secondary N) is 1. The van der Waals surface area contributed by atoms with E-state index in [0.29, 0.717) is 44.2 Å². The molecule has 5 rings (SSSR count). The number of carbonyl (C=O) groups excluding carboxylic acids is 1. The summed E-state index contributed by atoms with van der Waals surface area (Å²) in [6.07, 6.45) is 1.67. The number of aromatic nitrogens is 1. The van der Waals surface area contributed by atoms with Gasteiger partial charge < -0.3 is 10.1 Å². The first kappa shape index (κ1) is 25.8. The molecule has 1 aliphatic rings. The number of fused-ring (bicyclic) bond motifs is 1. The van der Waals surface area contributed by atoms with Crippen LogP contribution in [0.5, 0.6) is 5.75 Å². The van der Waals surface area contributed by atoms with Crippen molar-refractivity contribution < 1.29 is 14.5 Å². The molecule has 9 nitrogen and oxygen atoms in total. The quantitative estimate of drug-likeness (QED) is 0.279. The molecule has 0 saturated carbocycles. The van der Waals surface area contributed by atoms with Crippen LogP contribution >= 0.6 is 11.3 Å². The first-order valence-corrected chi connectivity index (χ1v) is 13.0. The van der Waals surface area contributed by atoms with Gasteiger partial charge in [-0.05, 0) is 67.4 Å². The van der Waals surface area contributed by atoms with Gasteiger partial charge in [-0.15, -0.1) is 0 Å². The number of non-ortho nitro benzene ring substituents is 1.